The fraction of sp³-hybridized carbons (Fsp3) is 0.0816. The van der Waals surface area contributed by atoms with Crippen molar-refractivity contribution in [1.82, 2.24) is 15.0 Å². The van der Waals surface area contributed by atoms with Gasteiger partial charge in [0.15, 0.2) is 5.82 Å². The number of hydrogen-bond donors (Lipinski definition) is 0. The molecule has 3 nitrogen and oxygen atoms in total. The van der Waals surface area contributed by atoms with Crippen molar-refractivity contribution in [2.24, 2.45) is 0 Å². The first-order chi connectivity index (χ1) is 25.6. The van der Waals surface area contributed by atoms with Gasteiger partial charge in [0.1, 0.15) is 0 Å². The van der Waals surface area contributed by atoms with E-state index in [0.717, 1.165) is 80.2 Å². The molecule has 4 aromatic carbocycles. The highest BCUT2D eigenvalue weighted by Crippen LogP contribution is 2.38. The first kappa shape index (κ1) is 32.7. The molecule has 1 atom stereocenters. The monoisotopic (exact) mass is 669 g/mol. The molecule has 2 heterocycles. The predicted octanol–water partition coefficient (Wildman–Crippen LogP) is 12.5. The zero-order valence-corrected chi connectivity index (χ0v) is 29.2. The Bertz CT molecular complexity index is 2540. The van der Waals surface area contributed by atoms with Crippen molar-refractivity contribution in [3.05, 3.63) is 198 Å². The molecule has 0 spiro atoms. The maximum absolute atomic E-state index is 5.25. The van der Waals surface area contributed by atoms with Crippen molar-refractivity contribution in [2.75, 3.05) is 0 Å². The molecule has 0 fully saturated rings. The van der Waals surface area contributed by atoms with Crippen LogP contribution in [-0.4, -0.2) is 15.0 Å². The van der Waals surface area contributed by atoms with Crippen molar-refractivity contribution >= 4 is 57.0 Å². The molecular formula is C49H39N3. The molecule has 0 amide bonds. The summed E-state index contributed by atoms with van der Waals surface area (Å²) in [7, 11) is 0. The van der Waals surface area contributed by atoms with Gasteiger partial charge in [-0.15, -0.1) is 0 Å². The van der Waals surface area contributed by atoms with Gasteiger partial charge in [-0.05, 0) is 98.0 Å². The highest BCUT2D eigenvalue weighted by molar-refractivity contribution is 6.15. The van der Waals surface area contributed by atoms with Gasteiger partial charge in [-0.3, -0.25) is 4.98 Å². The van der Waals surface area contributed by atoms with E-state index in [-0.39, 0.29) is 0 Å². The van der Waals surface area contributed by atoms with Crippen LogP contribution in [0, 0.1) is 0 Å². The summed E-state index contributed by atoms with van der Waals surface area (Å²) in [6.45, 7) is 12.4. The Balaban J connectivity index is 1.25. The average molecular weight is 670 g/mol. The van der Waals surface area contributed by atoms with Crippen LogP contribution in [-0.2, 0) is 6.42 Å². The third kappa shape index (κ3) is 6.22. The third-order valence-electron chi connectivity index (χ3n) is 10.1. The van der Waals surface area contributed by atoms with Crippen LogP contribution >= 0.6 is 0 Å². The first-order valence-electron chi connectivity index (χ1n) is 17.9. The first-order valence-corrected chi connectivity index (χ1v) is 17.9. The molecule has 1 unspecified atom stereocenters. The van der Waals surface area contributed by atoms with E-state index in [1.165, 1.54) is 22.1 Å². The van der Waals surface area contributed by atoms with Gasteiger partial charge in [-0.25, -0.2) is 9.97 Å². The Morgan fingerprint density at radius 3 is 2.42 bits per heavy atom. The molecule has 2 aliphatic carbocycles. The van der Waals surface area contributed by atoms with E-state index >= 15 is 0 Å². The minimum Gasteiger partial charge on any atom is -0.264 e. The highest BCUT2D eigenvalue weighted by Gasteiger charge is 2.20. The lowest BCUT2D eigenvalue weighted by Crippen LogP contribution is -2.07. The standard InChI is InChI=1S/C49H39N3/c1-4-13-36(22-21-33-14-12-29-50-32-33)47-31-48(37-25-23-35(24-26-37)42-20-11-16-34-15-7-8-17-41(34)42)52-49(51-47)38-27-28-45-44-19-10-9-18-43(44)39(5-2)40(6-3)46(45)30-38/h4-7,9-16,18-23,25-32,35H,1-3,8,17,24H2/b22-21+,36-13+. The number of hydrogen-bond acceptors (Lipinski definition) is 3. The van der Waals surface area contributed by atoms with Gasteiger partial charge in [0, 0.05) is 29.4 Å². The number of fused-ring (bicyclic) bond motifs is 4. The maximum atomic E-state index is 5.25. The van der Waals surface area contributed by atoms with Gasteiger partial charge in [0.05, 0.1) is 11.4 Å². The van der Waals surface area contributed by atoms with E-state index in [0.29, 0.717) is 11.7 Å². The summed E-state index contributed by atoms with van der Waals surface area (Å²) in [6.07, 6.45) is 30.0. The Labute approximate surface area is 305 Å². The minimum atomic E-state index is 0.330. The molecule has 0 radical (unpaired) electrons. The van der Waals surface area contributed by atoms with Crippen molar-refractivity contribution < 1.29 is 0 Å². The van der Waals surface area contributed by atoms with Crippen molar-refractivity contribution in [2.45, 2.75) is 25.2 Å². The second kappa shape index (κ2) is 14.4. The molecule has 0 aliphatic heterocycles. The van der Waals surface area contributed by atoms with Crippen molar-refractivity contribution in [1.29, 1.82) is 0 Å². The zero-order chi connectivity index (χ0) is 35.4. The topological polar surface area (TPSA) is 38.7 Å². The van der Waals surface area contributed by atoms with E-state index in [1.807, 2.05) is 36.6 Å². The number of allylic oxidation sites excluding steroid dienone is 9. The zero-order valence-electron chi connectivity index (χ0n) is 29.2. The molecule has 2 aliphatic rings. The van der Waals surface area contributed by atoms with Gasteiger partial charge in [0.2, 0.25) is 0 Å². The number of benzene rings is 4. The van der Waals surface area contributed by atoms with Crippen LogP contribution in [0.4, 0.5) is 0 Å². The largest absolute Gasteiger partial charge is 0.264 e. The van der Waals surface area contributed by atoms with Crippen LogP contribution in [0.3, 0.4) is 0 Å². The summed E-state index contributed by atoms with van der Waals surface area (Å²) in [5, 5.41) is 4.59. The lowest BCUT2D eigenvalue weighted by molar-refractivity contribution is 0.824. The van der Waals surface area contributed by atoms with Gasteiger partial charge < -0.3 is 0 Å². The van der Waals surface area contributed by atoms with Gasteiger partial charge in [0.25, 0.3) is 0 Å². The second-order valence-electron chi connectivity index (χ2n) is 13.2. The van der Waals surface area contributed by atoms with Crippen LogP contribution in [0.1, 0.15) is 63.5 Å². The minimum absolute atomic E-state index is 0.330. The molecule has 2 aromatic heterocycles. The number of aromatic nitrogens is 3. The predicted molar refractivity (Wildman–Crippen MR) is 222 cm³/mol. The normalized spacial score (nSPS) is 15.5. The fourth-order valence-electron chi connectivity index (χ4n) is 7.60. The van der Waals surface area contributed by atoms with Gasteiger partial charge in [-0.1, -0.05) is 147 Å². The fourth-order valence-corrected chi connectivity index (χ4v) is 7.60. The van der Waals surface area contributed by atoms with Crippen molar-refractivity contribution in [3.8, 4) is 11.4 Å². The van der Waals surface area contributed by atoms with E-state index in [2.05, 4.69) is 134 Å². The van der Waals surface area contributed by atoms with Crippen LogP contribution in [0.5, 0.6) is 0 Å². The molecule has 52 heavy (non-hydrogen) atoms. The molecule has 0 saturated heterocycles. The van der Waals surface area contributed by atoms with Crippen LogP contribution < -0.4 is 0 Å². The van der Waals surface area contributed by atoms with E-state index < -0.39 is 0 Å². The average Bonchev–Trinajstić information content (AvgIpc) is 3.21. The number of rotatable bonds is 9. The lowest BCUT2D eigenvalue weighted by atomic mass is 9.82. The van der Waals surface area contributed by atoms with Crippen LogP contribution in [0.2, 0.25) is 0 Å². The highest BCUT2D eigenvalue weighted by atomic mass is 14.9. The SMILES string of the molecule is C=C/C=C(\C=C\c1cccnc1)c1cc(C2=CCC(c3cccc4c3CCC=C4)C=C2)nc(-c2ccc3c(c2)c(C=C)c(C=C)c2ccccc23)n1. The summed E-state index contributed by atoms with van der Waals surface area (Å²) in [4.78, 5) is 14.7. The van der Waals surface area contributed by atoms with Gasteiger partial charge in [-0.2, -0.15) is 0 Å². The van der Waals surface area contributed by atoms with E-state index in [9.17, 15) is 0 Å². The Morgan fingerprint density at radius 2 is 1.63 bits per heavy atom. The van der Waals surface area contributed by atoms with E-state index in [4.69, 9.17) is 9.97 Å². The summed E-state index contributed by atoms with van der Waals surface area (Å²) >= 11 is 0. The van der Waals surface area contributed by atoms with Gasteiger partial charge >= 0.3 is 0 Å². The molecule has 0 saturated carbocycles. The molecule has 3 heteroatoms. The number of nitrogens with zero attached hydrogens (tertiary/aromatic N) is 3. The second-order valence-corrected chi connectivity index (χ2v) is 13.2. The quantitative estimate of drug-likeness (QED) is 0.114. The summed E-state index contributed by atoms with van der Waals surface area (Å²) in [6, 6.07) is 27.8. The Kier molecular flexibility index (Phi) is 9.08. The third-order valence-corrected chi connectivity index (χ3v) is 10.1. The molecular weight excluding hydrogens is 631 g/mol. The van der Waals surface area contributed by atoms with E-state index in [1.54, 1.807) is 12.3 Å². The molecule has 0 bridgehead atoms. The Hall–Kier alpha value is -6.45. The van der Waals surface area contributed by atoms with Crippen LogP contribution in [0.25, 0.3) is 68.4 Å². The summed E-state index contributed by atoms with van der Waals surface area (Å²) in [5.74, 6) is 0.985. The molecule has 8 rings (SSSR count). The smallest absolute Gasteiger partial charge is 0.160 e. The molecule has 250 valence electrons. The Morgan fingerprint density at radius 1 is 0.788 bits per heavy atom. The maximum Gasteiger partial charge on any atom is 0.160 e. The summed E-state index contributed by atoms with van der Waals surface area (Å²) < 4.78 is 0. The summed E-state index contributed by atoms with van der Waals surface area (Å²) in [5.41, 5.74) is 12.0. The molecule has 0 N–H and O–H groups in total. The lowest BCUT2D eigenvalue weighted by Gasteiger charge is -2.23. The van der Waals surface area contributed by atoms with Crippen LogP contribution in [0.15, 0.2) is 154 Å². The molecule has 6 aromatic rings. The van der Waals surface area contributed by atoms with Crippen molar-refractivity contribution in [3.63, 3.8) is 0 Å². The number of pyridine rings is 1.